The van der Waals surface area contributed by atoms with Crippen molar-refractivity contribution in [2.75, 3.05) is 0 Å². The van der Waals surface area contributed by atoms with Gasteiger partial charge in [0.15, 0.2) is 0 Å². The molecule has 0 aliphatic carbocycles. The van der Waals surface area contributed by atoms with E-state index in [1.807, 2.05) is 12.1 Å². The molecule has 0 aliphatic rings. The molecule has 0 radical (unpaired) electrons. The fourth-order valence-electron chi connectivity index (χ4n) is 4.82. The summed E-state index contributed by atoms with van der Waals surface area (Å²) < 4.78 is 0. The molecule has 0 saturated heterocycles. The van der Waals surface area contributed by atoms with Crippen LogP contribution in [0.3, 0.4) is 0 Å². The first kappa shape index (κ1) is 19.8. The third kappa shape index (κ3) is 3.50. The summed E-state index contributed by atoms with van der Waals surface area (Å²) in [6.07, 6.45) is 0. The van der Waals surface area contributed by atoms with Crippen LogP contribution < -0.4 is 0 Å². The molecule has 1 heteroatoms. The molecule has 0 saturated carbocycles. The van der Waals surface area contributed by atoms with Gasteiger partial charge in [-0.2, -0.15) is 0 Å². The summed E-state index contributed by atoms with van der Waals surface area (Å²) in [7, 11) is 0. The molecular formula is C32H21Cl. The van der Waals surface area contributed by atoms with Crippen molar-refractivity contribution in [2.24, 2.45) is 0 Å². The molecule has 156 valence electrons. The normalized spacial score (nSPS) is 11.2. The number of hydrogen-bond donors (Lipinski definition) is 0. The molecule has 0 N–H and O–H groups in total. The van der Waals surface area contributed by atoms with Crippen LogP contribution in [-0.4, -0.2) is 0 Å². The molecule has 6 rings (SSSR count). The smallest absolute Gasteiger partial charge is 0.0406 e. The van der Waals surface area contributed by atoms with Crippen molar-refractivity contribution in [1.29, 1.82) is 0 Å². The topological polar surface area (TPSA) is 0 Å². The summed E-state index contributed by atoms with van der Waals surface area (Å²) in [5, 5.41) is 5.79. The van der Waals surface area contributed by atoms with Crippen molar-refractivity contribution in [1.82, 2.24) is 0 Å². The van der Waals surface area contributed by atoms with Crippen LogP contribution in [0.5, 0.6) is 0 Å². The molecule has 0 spiro atoms. The van der Waals surface area contributed by atoms with Crippen LogP contribution in [-0.2, 0) is 0 Å². The zero-order chi connectivity index (χ0) is 22.2. The zero-order valence-corrected chi connectivity index (χ0v) is 18.8. The Hall–Kier alpha value is -3.87. The number of halogens is 1. The van der Waals surface area contributed by atoms with E-state index in [1.165, 1.54) is 54.9 Å². The van der Waals surface area contributed by atoms with Crippen LogP contribution in [0.4, 0.5) is 0 Å². The molecule has 0 heterocycles. The highest BCUT2D eigenvalue weighted by Gasteiger charge is 2.17. The van der Waals surface area contributed by atoms with Crippen molar-refractivity contribution in [2.45, 2.75) is 0 Å². The summed E-state index contributed by atoms with van der Waals surface area (Å²) in [4.78, 5) is 0. The first-order valence-corrected chi connectivity index (χ1v) is 11.5. The molecule has 0 aliphatic heterocycles. The number of rotatable bonds is 3. The lowest BCUT2D eigenvalue weighted by Crippen LogP contribution is -1.91. The maximum absolute atomic E-state index is 6.24. The van der Waals surface area contributed by atoms with E-state index in [0.29, 0.717) is 0 Å². The minimum Gasteiger partial charge on any atom is -0.0843 e. The minimum atomic E-state index is 0.748. The van der Waals surface area contributed by atoms with Crippen LogP contribution in [0.2, 0.25) is 5.02 Å². The fraction of sp³-hybridized carbons (Fsp3) is 0. The van der Waals surface area contributed by atoms with Crippen LogP contribution in [0.15, 0.2) is 127 Å². The Kier molecular flexibility index (Phi) is 4.94. The van der Waals surface area contributed by atoms with Crippen molar-refractivity contribution < 1.29 is 0 Å². The molecule has 0 aromatic heterocycles. The maximum Gasteiger partial charge on any atom is 0.0406 e. The Bertz CT molecular complexity index is 1580. The monoisotopic (exact) mass is 440 g/mol. The lowest BCUT2D eigenvalue weighted by atomic mass is 9.85. The molecular weight excluding hydrogens is 420 g/mol. The van der Waals surface area contributed by atoms with E-state index < -0.39 is 0 Å². The maximum atomic E-state index is 6.24. The van der Waals surface area contributed by atoms with Gasteiger partial charge in [-0.1, -0.05) is 127 Å². The van der Waals surface area contributed by atoms with E-state index in [0.717, 1.165) is 5.02 Å². The van der Waals surface area contributed by atoms with Gasteiger partial charge < -0.3 is 0 Å². The molecule has 0 atom stereocenters. The van der Waals surface area contributed by atoms with Gasteiger partial charge in [-0.3, -0.25) is 0 Å². The molecule has 0 unspecified atom stereocenters. The summed E-state index contributed by atoms with van der Waals surface area (Å²) in [6.45, 7) is 0. The SMILES string of the molecule is Clc1ccc(-c2c(-c3ccc(-c4ccccc4)cc3)c3ccccc3c3ccccc23)cc1. The second-order valence-corrected chi connectivity index (χ2v) is 8.73. The average molecular weight is 441 g/mol. The van der Waals surface area contributed by atoms with Gasteiger partial charge in [-0.05, 0) is 67.1 Å². The van der Waals surface area contributed by atoms with Crippen LogP contribution in [0.25, 0.3) is 54.9 Å². The van der Waals surface area contributed by atoms with Crippen LogP contribution >= 0.6 is 11.6 Å². The van der Waals surface area contributed by atoms with Gasteiger partial charge in [-0.25, -0.2) is 0 Å². The van der Waals surface area contributed by atoms with Gasteiger partial charge in [-0.15, -0.1) is 0 Å². The lowest BCUT2D eigenvalue weighted by molar-refractivity contribution is 1.60. The van der Waals surface area contributed by atoms with Gasteiger partial charge in [0.25, 0.3) is 0 Å². The van der Waals surface area contributed by atoms with Crippen LogP contribution in [0.1, 0.15) is 0 Å². The number of hydrogen-bond acceptors (Lipinski definition) is 0. The van der Waals surface area contributed by atoms with E-state index in [1.54, 1.807) is 0 Å². The van der Waals surface area contributed by atoms with Gasteiger partial charge in [0.2, 0.25) is 0 Å². The molecule has 0 amide bonds. The highest BCUT2D eigenvalue weighted by Crippen LogP contribution is 2.44. The third-order valence-corrected chi connectivity index (χ3v) is 6.60. The number of benzene rings is 6. The average Bonchev–Trinajstić information content (AvgIpc) is 2.89. The summed E-state index contributed by atoms with van der Waals surface area (Å²) in [6, 6.07) is 45.1. The summed E-state index contributed by atoms with van der Waals surface area (Å²) >= 11 is 6.24. The highest BCUT2D eigenvalue weighted by molar-refractivity contribution is 6.30. The molecule has 6 aromatic carbocycles. The van der Waals surface area contributed by atoms with Crippen molar-refractivity contribution in [3.63, 3.8) is 0 Å². The molecule has 0 bridgehead atoms. The minimum absolute atomic E-state index is 0.748. The van der Waals surface area contributed by atoms with E-state index in [9.17, 15) is 0 Å². The number of fused-ring (bicyclic) bond motifs is 3. The van der Waals surface area contributed by atoms with Gasteiger partial charge in [0, 0.05) is 5.02 Å². The Balaban J connectivity index is 1.68. The molecule has 0 fully saturated rings. The van der Waals surface area contributed by atoms with E-state index in [-0.39, 0.29) is 0 Å². The lowest BCUT2D eigenvalue weighted by Gasteiger charge is -2.19. The summed E-state index contributed by atoms with van der Waals surface area (Å²) in [5.41, 5.74) is 7.33. The Morgan fingerprint density at radius 1 is 0.303 bits per heavy atom. The predicted molar refractivity (Wildman–Crippen MR) is 143 cm³/mol. The Morgan fingerprint density at radius 2 is 0.667 bits per heavy atom. The quantitative estimate of drug-likeness (QED) is 0.240. The largest absolute Gasteiger partial charge is 0.0843 e. The summed E-state index contributed by atoms with van der Waals surface area (Å²) in [5.74, 6) is 0. The van der Waals surface area contributed by atoms with Crippen molar-refractivity contribution >= 4 is 33.1 Å². The second-order valence-electron chi connectivity index (χ2n) is 8.29. The fourth-order valence-corrected chi connectivity index (χ4v) is 4.94. The molecule has 6 aromatic rings. The van der Waals surface area contributed by atoms with E-state index in [2.05, 4.69) is 115 Å². The first-order chi connectivity index (χ1) is 16.3. The second kappa shape index (κ2) is 8.24. The Labute approximate surface area is 198 Å². The molecule has 33 heavy (non-hydrogen) atoms. The third-order valence-electron chi connectivity index (χ3n) is 6.35. The van der Waals surface area contributed by atoms with Gasteiger partial charge in [0.05, 0.1) is 0 Å². The molecule has 0 nitrogen and oxygen atoms in total. The van der Waals surface area contributed by atoms with Gasteiger partial charge in [0.1, 0.15) is 0 Å². The van der Waals surface area contributed by atoms with Gasteiger partial charge >= 0.3 is 0 Å². The standard InChI is InChI=1S/C32H21Cl/c33-26-20-18-25(19-21-26)32-30-13-7-5-11-28(30)27-10-4-6-12-29(27)31(32)24-16-14-23(15-17-24)22-8-2-1-3-9-22/h1-21H. The zero-order valence-electron chi connectivity index (χ0n) is 18.0. The Morgan fingerprint density at radius 3 is 1.18 bits per heavy atom. The first-order valence-electron chi connectivity index (χ1n) is 11.1. The van der Waals surface area contributed by atoms with Crippen molar-refractivity contribution in [3.8, 4) is 33.4 Å². The predicted octanol–water partition coefficient (Wildman–Crippen LogP) is 9.65. The van der Waals surface area contributed by atoms with Crippen molar-refractivity contribution in [3.05, 3.63) is 132 Å². The van der Waals surface area contributed by atoms with E-state index >= 15 is 0 Å². The van der Waals surface area contributed by atoms with E-state index in [4.69, 9.17) is 11.6 Å². The highest BCUT2D eigenvalue weighted by atomic mass is 35.5. The van der Waals surface area contributed by atoms with Crippen LogP contribution in [0, 0.1) is 0 Å².